The van der Waals surface area contributed by atoms with E-state index in [2.05, 4.69) is 26.1 Å². The van der Waals surface area contributed by atoms with Gasteiger partial charge in [-0.2, -0.15) is 0 Å². The fraction of sp³-hybridized carbons (Fsp3) is 0.238. The monoisotopic (exact) mass is 355 g/mol. The predicted octanol–water partition coefficient (Wildman–Crippen LogP) is 4.32. The van der Waals surface area contributed by atoms with Crippen LogP contribution in [0.2, 0.25) is 0 Å². The second kappa shape index (κ2) is 8.43. The first-order chi connectivity index (χ1) is 12.3. The number of halogens is 1. The standard InChI is InChI=1S/C21H22FNO3/c1-21(2,3)16-9-11-17(12-10-16)23-19(24)14-26-20(25)13-8-15-6-4-5-7-18(15)22/h4-13H,14H2,1-3H3,(H,23,24)/b13-8+. The number of esters is 1. The summed E-state index contributed by atoms with van der Waals surface area (Å²) in [5, 5.41) is 2.66. The van der Waals surface area contributed by atoms with Crippen LogP contribution in [0.15, 0.2) is 54.6 Å². The summed E-state index contributed by atoms with van der Waals surface area (Å²) < 4.78 is 18.3. The number of carbonyl (C=O) groups is 2. The van der Waals surface area contributed by atoms with Crippen LogP contribution in [-0.2, 0) is 19.7 Å². The zero-order chi connectivity index (χ0) is 19.2. The normalized spacial score (nSPS) is 11.4. The molecular weight excluding hydrogens is 333 g/mol. The van der Waals surface area contributed by atoms with Crippen LogP contribution in [0.4, 0.5) is 10.1 Å². The van der Waals surface area contributed by atoms with E-state index < -0.39 is 24.3 Å². The van der Waals surface area contributed by atoms with Gasteiger partial charge in [0.05, 0.1) is 0 Å². The van der Waals surface area contributed by atoms with Crippen LogP contribution >= 0.6 is 0 Å². The molecule has 0 spiro atoms. The van der Waals surface area contributed by atoms with Crippen molar-refractivity contribution in [3.8, 4) is 0 Å². The Morgan fingerprint density at radius 3 is 2.35 bits per heavy atom. The first-order valence-electron chi connectivity index (χ1n) is 8.25. The molecule has 0 atom stereocenters. The number of ether oxygens (including phenoxy) is 1. The summed E-state index contributed by atoms with van der Waals surface area (Å²) in [6.45, 7) is 5.90. The lowest BCUT2D eigenvalue weighted by atomic mass is 9.87. The van der Waals surface area contributed by atoms with E-state index >= 15 is 0 Å². The average molecular weight is 355 g/mol. The molecule has 0 radical (unpaired) electrons. The van der Waals surface area contributed by atoms with E-state index in [1.807, 2.05) is 12.1 Å². The van der Waals surface area contributed by atoms with Crippen LogP contribution in [0.25, 0.3) is 6.08 Å². The van der Waals surface area contributed by atoms with Crippen molar-refractivity contribution in [2.45, 2.75) is 26.2 Å². The van der Waals surface area contributed by atoms with Gasteiger partial charge in [0.2, 0.25) is 0 Å². The summed E-state index contributed by atoms with van der Waals surface area (Å²) in [6, 6.07) is 13.5. The highest BCUT2D eigenvalue weighted by Gasteiger charge is 2.13. The summed E-state index contributed by atoms with van der Waals surface area (Å²) in [5.74, 6) is -1.60. The van der Waals surface area contributed by atoms with E-state index in [0.29, 0.717) is 5.69 Å². The zero-order valence-corrected chi connectivity index (χ0v) is 15.1. The maximum atomic E-state index is 13.4. The van der Waals surface area contributed by atoms with Gasteiger partial charge in [0, 0.05) is 17.3 Å². The molecule has 0 saturated carbocycles. The number of rotatable bonds is 5. The molecule has 0 unspecified atom stereocenters. The van der Waals surface area contributed by atoms with E-state index in [9.17, 15) is 14.0 Å². The lowest BCUT2D eigenvalue weighted by Crippen LogP contribution is -2.20. The van der Waals surface area contributed by atoms with Crippen LogP contribution in [0, 0.1) is 5.82 Å². The van der Waals surface area contributed by atoms with Crippen molar-refractivity contribution in [3.05, 3.63) is 71.6 Å². The fourth-order valence-corrected chi connectivity index (χ4v) is 2.20. The Labute approximate surface area is 152 Å². The average Bonchev–Trinajstić information content (AvgIpc) is 2.59. The molecule has 5 heteroatoms. The lowest BCUT2D eigenvalue weighted by Gasteiger charge is -2.19. The van der Waals surface area contributed by atoms with Crippen LogP contribution < -0.4 is 5.32 Å². The van der Waals surface area contributed by atoms with E-state index in [4.69, 9.17) is 4.74 Å². The SMILES string of the molecule is CC(C)(C)c1ccc(NC(=O)COC(=O)/C=C/c2ccccc2F)cc1. The van der Waals surface area contributed by atoms with Crippen molar-refractivity contribution in [2.75, 3.05) is 11.9 Å². The minimum absolute atomic E-state index is 0.0304. The van der Waals surface area contributed by atoms with Crippen molar-refractivity contribution in [2.24, 2.45) is 0 Å². The Morgan fingerprint density at radius 1 is 1.08 bits per heavy atom. The van der Waals surface area contributed by atoms with Gasteiger partial charge in [-0.25, -0.2) is 9.18 Å². The molecule has 2 aromatic carbocycles. The molecule has 1 N–H and O–H groups in total. The van der Waals surface area contributed by atoms with Gasteiger partial charge in [0.25, 0.3) is 5.91 Å². The largest absolute Gasteiger partial charge is 0.452 e. The van der Waals surface area contributed by atoms with Gasteiger partial charge in [0.15, 0.2) is 6.61 Å². The molecule has 4 nitrogen and oxygen atoms in total. The second-order valence-electron chi connectivity index (χ2n) is 6.84. The molecule has 0 bridgehead atoms. The highest BCUT2D eigenvalue weighted by molar-refractivity contribution is 5.94. The van der Waals surface area contributed by atoms with Crippen LogP contribution in [0.1, 0.15) is 31.9 Å². The lowest BCUT2D eigenvalue weighted by molar-refractivity contribution is -0.142. The first kappa shape index (κ1) is 19.4. The quantitative estimate of drug-likeness (QED) is 0.642. The maximum Gasteiger partial charge on any atom is 0.331 e. The molecule has 136 valence electrons. The first-order valence-corrected chi connectivity index (χ1v) is 8.25. The molecule has 2 aromatic rings. The second-order valence-corrected chi connectivity index (χ2v) is 6.84. The molecule has 0 aliphatic rings. The number of carbonyl (C=O) groups excluding carboxylic acids is 2. The van der Waals surface area contributed by atoms with Crippen molar-refractivity contribution < 1.29 is 18.7 Å². The van der Waals surface area contributed by atoms with Crippen molar-refractivity contribution in [3.63, 3.8) is 0 Å². The highest BCUT2D eigenvalue weighted by Crippen LogP contribution is 2.23. The maximum absolute atomic E-state index is 13.4. The van der Waals surface area contributed by atoms with Crippen LogP contribution in [0.3, 0.4) is 0 Å². The zero-order valence-electron chi connectivity index (χ0n) is 15.1. The van der Waals surface area contributed by atoms with E-state index in [-0.39, 0.29) is 11.0 Å². The Morgan fingerprint density at radius 2 is 1.73 bits per heavy atom. The van der Waals surface area contributed by atoms with Crippen molar-refractivity contribution in [1.29, 1.82) is 0 Å². The molecular formula is C21H22FNO3. The van der Waals surface area contributed by atoms with Gasteiger partial charge >= 0.3 is 5.97 Å². The number of hydrogen-bond acceptors (Lipinski definition) is 3. The Balaban J connectivity index is 1.83. The summed E-state index contributed by atoms with van der Waals surface area (Å²) in [4.78, 5) is 23.5. The minimum atomic E-state index is -0.716. The van der Waals surface area contributed by atoms with Gasteiger partial charge in [-0.15, -0.1) is 0 Å². The van der Waals surface area contributed by atoms with E-state index in [0.717, 1.165) is 11.6 Å². The summed E-state index contributed by atoms with van der Waals surface area (Å²) >= 11 is 0. The molecule has 0 heterocycles. The van der Waals surface area contributed by atoms with Gasteiger partial charge < -0.3 is 10.1 Å². The third-order valence-electron chi connectivity index (χ3n) is 3.68. The molecule has 0 aromatic heterocycles. The molecule has 0 aliphatic heterocycles. The van der Waals surface area contributed by atoms with E-state index in [1.165, 1.54) is 18.2 Å². The number of hydrogen-bond donors (Lipinski definition) is 1. The third-order valence-corrected chi connectivity index (χ3v) is 3.68. The summed E-state index contributed by atoms with van der Waals surface area (Å²) in [7, 11) is 0. The van der Waals surface area contributed by atoms with Gasteiger partial charge in [-0.05, 0) is 35.3 Å². The number of anilines is 1. The predicted molar refractivity (Wildman–Crippen MR) is 100 cm³/mol. The van der Waals surface area contributed by atoms with Gasteiger partial charge in [0.1, 0.15) is 5.82 Å². The Bertz CT molecular complexity index is 805. The van der Waals surface area contributed by atoms with Crippen molar-refractivity contribution in [1.82, 2.24) is 0 Å². The Hall–Kier alpha value is -2.95. The molecule has 0 aliphatic carbocycles. The summed E-state index contributed by atoms with van der Waals surface area (Å²) in [5.41, 5.74) is 2.08. The summed E-state index contributed by atoms with van der Waals surface area (Å²) in [6.07, 6.45) is 2.39. The van der Waals surface area contributed by atoms with Crippen LogP contribution in [-0.4, -0.2) is 18.5 Å². The van der Waals surface area contributed by atoms with E-state index in [1.54, 1.807) is 24.3 Å². The smallest absolute Gasteiger partial charge is 0.331 e. The topological polar surface area (TPSA) is 55.4 Å². The molecule has 1 amide bonds. The minimum Gasteiger partial charge on any atom is -0.452 e. The highest BCUT2D eigenvalue weighted by atomic mass is 19.1. The molecule has 26 heavy (non-hydrogen) atoms. The van der Waals surface area contributed by atoms with Crippen molar-refractivity contribution >= 4 is 23.6 Å². The Kier molecular flexibility index (Phi) is 6.28. The van der Waals surface area contributed by atoms with Gasteiger partial charge in [-0.1, -0.05) is 51.1 Å². The van der Waals surface area contributed by atoms with Gasteiger partial charge in [-0.3, -0.25) is 4.79 Å². The number of amides is 1. The third kappa shape index (κ3) is 5.84. The molecule has 0 saturated heterocycles. The van der Waals surface area contributed by atoms with Crippen LogP contribution in [0.5, 0.6) is 0 Å². The number of nitrogens with one attached hydrogen (secondary N) is 1. The number of benzene rings is 2. The molecule has 0 fully saturated rings. The fourth-order valence-electron chi connectivity index (χ4n) is 2.20. The molecule has 2 rings (SSSR count).